The van der Waals surface area contributed by atoms with Gasteiger partial charge in [-0.25, -0.2) is 0 Å². The van der Waals surface area contributed by atoms with Gasteiger partial charge in [0.1, 0.15) is 0 Å². The Labute approximate surface area is 99.1 Å². The van der Waals surface area contributed by atoms with Crippen molar-refractivity contribution in [2.75, 3.05) is 20.1 Å². The summed E-state index contributed by atoms with van der Waals surface area (Å²) in [5, 5.41) is 18.1. The minimum Gasteiger partial charge on any atom is -0.393 e. The molecule has 16 heavy (non-hydrogen) atoms. The molecule has 0 atom stereocenters. The molecule has 0 bridgehead atoms. The number of hydrogen-bond donors (Lipinski definition) is 1. The second kappa shape index (κ2) is 5.65. The third-order valence-corrected chi connectivity index (χ3v) is 3.42. The largest absolute Gasteiger partial charge is 0.393 e. The molecule has 0 aromatic rings. The fourth-order valence-corrected chi connectivity index (χ4v) is 2.23. The smallest absolute Gasteiger partial charge is 0.0683 e. The summed E-state index contributed by atoms with van der Waals surface area (Å²) in [4.78, 5) is 2.32. The molecule has 1 aliphatic carbocycles. The quantitative estimate of drug-likeness (QED) is 0.751. The number of nitriles is 1. The summed E-state index contributed by atoms with van der Waals surface area (Å²) in [6.45, 7) is 6.13. The SMILES string of the molecule is CN(CCCC(C)(C)C#N)CC1CC(O)C1. The maximum atomic E-state index is 9.19. The van der Waals surface area contributed by atoms with Crippen molar-refractivity contribution in [3.63, 3.8) is 0 Å². The molecule has 1 fully saturated rings. The standard InChI is InChI=1S/C13H24N2O/c1-13(2,10-14)5-4-6-15(3)9-11-7-12(16)8-11/h11-12,16H,4-9H2,1-3H3. The minimum absolute atomic E-state index is 0.0454. The van der Waals surface area contributed by atoms with Gasteiger partial charge in [0.2, 0.25) is 0 Å². The Morgan fingerprint density at radius 2 is 2.06 bits per heavy atom. The van der Waals surface area contributed by atoms with E-state index in [-0.39, 0.29) is 11.5 Å². The third kappa shape index (κ3) is 4.51. The van der Waals surface area contributed by atoms with Crippen LogP contribution >= 0.6 is 0 Å². The predicted octanol–water partition coefficient (Wildman–Crippen LogP) is 2.02. The van der Waals surface area contributed by atoms with Crippen molar-refractivity contribution in [2.24, 2.45) is 11.3 Å². The molecule has 0 aromatic heterocycles. The highest BCUT2D eigenvalue weighted by atomic mass is 16.3. The summed E-state index contributed by atoms with van der Waals surface area (Å²) in [7, 11) is 2.13. The number of hydrogen-bond acceptors (Lipinski definition) is 3. The Morgan fingerprint density at radius 3 is 2.56 bits per heavy atom. The zero-order valence-corrected chi connectivity index (χ0v) is 10.7. The van der Waals surface area contributed by atoms with Crippen molar-refractivity contribution in [1.82, 2.24) is 4.90 Å². The molecule has 0 radical (unpaired) electrons. The summed E-state index contributed by atoms with van der Waals surface area (Å²) in [5.74, 6) is 0.684. The molecule has 3 heteroatoms. The van der Waals surface area contributed by atoms with Gasteiger partial charge in [0.15, 0.2) is 0 Å². The van der Waals surface area contributed by atoms with Gasteiger partial charge in [0.05, 0.1) is 17.6 Å². The van der Waals surface area contributed by atoms with E-state index in [1.54, 1.807) is 0 Å². The van der Waals surface area contributed by atoms with Gasteiger partial charge in [0, 0.05) is 6.54 Å². The Bertz CT molecular complexity index is 251. The summed E-state index contributed by atoms with van der Waals surface area (Å²) < 4.78 is 0. The zero-order valence-electron chi connectivity index (χ0n) is 10.7. The van der Waals surface area contributed by atoms with Crippen molar-refractivity contribution >= 4 is 0 Å². The average Bonchev–Trinajstić information content (AvgIpc) is 2.15. The van der Waals surface area contributed by atoms with Gasteiger partial charge in [-0.05, 0) is 59.0 Å². The van der Waals surface area contributed by atoms with Crippen LogP contribution in [0, 0.1) is 22.7 Å². The first-order valence-electron chi connectivity index (χ1n) is 6.21. The molecule has 1 N–H and O–H groups in total. The molecular weight excluding hydrogens is 200 g/mol. The van der Waals surface area contributed by atoms with Gasteiger partial charge >= 0.3 is 0 Å². The van der Waals surface area contributed by atoms with Gasteiger partial charge < -0.3 is 10.0 Å². The summed E-state index contributed by atoms with van der Waals surface area (Å²) in [6, 6.07) is 2.33. The van der Waals surface area contributed by atoms with Crippen molar-refractivity contribution in [2.45, 2.75) is 45.6 Å². The van der Waals surface area contributed by atoms with E-state index in [2.05, 4.69) is 18.0 Å². The van der Waals surface area contributed by atoms with E-state index in [0.29, 0.717) is 5.92 Å². The molecular formula is C13H24N2O. The highest BCUT2D eigenvalue weighted by Gasteiger charge is 2.27. The molecule has 0 heterocycles. The van der Waals surface area contributed by atoms with Crippen molar-refractivity contribution in [1.29, 1.82) is 5.26 Å². The zero-order chi connectivity index (χ0) is 12.2. The molecule has 1 aliphatic rings. The third-order valence-electron chi connectivity index (χ3n) is 3.42. The van der Waals surface area contributed by atoms with Crippen molar-refractivity contribution in [3.8, 4) is 6.07 Å². The van der Waals surface area contributed by atoms with Crippen LogP contribution in [-0.4, -0.2) is 36.2 Å². The summed E-state index contributed by atoms with van der Waals surface area (Å²) >= 11 is 0. The second-order valence-electron chi connectivity index (χ2n) is 5.85. The summed E-state index contributed by atoms with van der Waals surface area (Å²) in [5.41, 5.74) is -0.187. The average molecular weight is 224 g/mol. The highest BCUT2D eigenvalue weighted by Crippen LogP contribution is 2.28. The fraction of sp³-hybridized carbons (Fsp3) is 0.923. The van der Waals surface area contributed by atoms with E-state index in [0.717, 1.165) is 38.8 Å². The second-order valence-corrected chi connectivity index (χ2v) is 5.85. The lowest BCUT2D eigenvalue weighted by atomic mass is 9.82. The van der Waals surface area contributed by atoms with Gasteiger partial charge in [0.25, 0.3) is 0 Å². The fourth-order valence-electron chi connectivity index (χ4n) is 2.23. The Kier molecular flexibility index (Phi) is 4.76. The molecule has 0 aliphatic heterocycles. The van der Waals surface area contributed by atoms with E-state index in [4.69, 9.17) is 5.26 Å². The van der Waals surface area contributed by atoms with Crippen LogP contribution in [0.15, 0.2) is 0 Å². The van der Waals surface area contributed by atoms with Crippen LogP contribution < -0.4 is 0 Å². The Morgan fingerprint density at radius 1 is 1.44 bits per heavy atom. The molecule has 1 saturated carbocycles. The summed E-state index contributed by atoms with van der Waals surface area (Å²) in [6.07, 6.45) is 3.92. The lowest BCUT2D eigenvalue weighted by Crippen LogP contribution is -2.37. The molecule has 0 saturated heterocycles. The monoisotopic (exact) mass is 224 g/mol. The minimum atomic E-state index is -0.187. The molecule has 92 valence electrons. The van der Waals surface area contributed by atoms with E-state index >= 15 is 0 Å². The Hall–Kier alpha value is -0.590. The number of nitrogens with zero attached hydrogens (tertiary/aromatic N) is 2. The van der Waals surface area contributed by atoms with Crippen molar-refractivity contribution in [3.05, 3.63) is 0 Å². The van der Waals surface area contributed by atoms with Crippen LogP contribution in [-0.2, 0) is 0 Å². The Balaban J connectivity index is 2.07. The lowest BCUT2D eigenvalue weighted by molar-refractivity contribution is 0.0280. The molecule has 3 nitrogen and oxygen atoms in total. The number of rotatable bonds is 6. The van der Waals surface area contributed by atoms with E-state index in [1.165, 1.54) is 0 Å². The highest BCUT2D eigenvalue weighted by molar-refractivity contribution is 4.91. The predicted molar refractivity (Wildman–Crippen MR) is 64.9 cm³/mol. The van der Waals surface area contributed by atoms with Gasteiger partial charge in [-0.1, -0.05) is 0 Å². The lowest BCUT2D eigenvalue weighted by Gasteiger charge is -2.34. The maximum Gasteiger partial charge on any atom is 0.0683 e. The molecule has 0 amide bonds. The topological polar surface area (TPSA) is 47.3 Å². The van der Waals surface area contributed by atoms with Crippen LogP contribution in [0.5, 0.6) is 0 Å². The number of aliphatic hydroxyl groups excluding tert-OH is 1. The van der Waals surface area contributed by atoms with E-state index in [1.807, 2.05) is 13.8 Å². The van der Waals surface area contributed by atoms with Gasteiger partial charge in [-0.15, -0.1) is 0 Å². The van der Waals surface area contributed by atoms with Gasteiger partial charge in [-0.2, -0.15) is 5.26 Å². The van der Waals surface area contributed by atoms with Crippen LogP contribution in [0.25, 0.3) is 0 Å². The van der Waals surface area contributed by atoms with Crippen molar-refractivity contribution < 1.29 is 5.11 Å². The van der Waals surface area contributed by atoms with E-state index < -0.39 is 0 Å². The molecule has 0 spiro atoms. The maximum absolute atomic E-state index is 9.19. The normalized spacial score (nSPS) is 25.2. The molecule has 0 aromatic carbocycles. The van der Waals surface area contributed by atoms with Gasteiger partial charge in [-0.3, -0.25) is 0 Å². The van der Waals surface area contributed by atoms with Crippen LogP contribution in [0.4, 0.5) is 0 Å². The number of aliphatic hydroxyl groups is 1. The van der Waals surface area contributed by atoms with Crippen LogP contribution in [0.2, 0.25) is 0 Å². The van der Waals surface area contributed by atoms with E-state index in [9.17, 15) is 5.11 Å². The van der Waals surface area contributed by atoms with Crippen LogP contribution in [0.3, 0.4) is 0 Å². The first-order valence-corrected chi connectivity index (χ1v) is 6.21. The molecule has 1 rings (SSSR count). The first kappa shape index (κ1) is 13.5. The molecule has 0 unspecified atom stereocenters. The first-order chi connectivity index (χ1) is 7.43. The van der Waals surface area contributed by atoms with Crippen LogP contribution in [0.1, 0.15) is 39.5 Å².